The molecule has 0 bridgehead atoms. The van der Waals surface area contributed by atoms with Gasteiger partial charge in [-0.3, -0.25) is 0 Å². The number of hydrogen-bond acceptors (Lipinski definition) is 1. The van der Waals surface area contributed by atoms with E-state index in [1.807, 2.05) is 6.08 Å². The van der Waals surface area contributed by atoms with E-state index in [-0.39, 0.29) is 17.9 Å². The number of alkyl halides is 5. The van der Waals surface area contributed by atoms with Gasteiger partial charge in [0, 0.05) is 0 Å². The molecule has 0 N–H and O–H groups in total. The topological polar surface area (TPSA) is 9.23 Å². The number of benzene rings is 2. The molecule has 1 fully saturated rings. The van der Waals surface area contributed by atoms with E-state index in [0.717, 1.165) is 44.1 Å². The third kappa shape index (κ3) is 5.64. The lowest BCUT2D eigenvalue weighted by Gasteiger charge is -2.28. The molecule has 174 valence electrons. The van der Waals surface area contributed by atoms with Crippen molar-refractivity contribution in [1.82, 2.24) is 0 Å². The van der Waals surface area contributed by atoms with Crippen molar-refractivity contribution in [1.29, 1.82) is 0 Å². The molecule has 32 heavy (non-hydrogen) atoms. The third-order valence-electron chi connectivity index (χ3n) is 5.88. The minimum absolute atomic E-state index is 0.0644. The first-order valence-electron chi connectivity index (χ1n) is 10.4. The molecule has 0 saturated heterocycles. The standard InChI is InChI=1S/C24H23F7O/c1-2-3-4-15-5-7-16(8-6-15)17-9-11-19(12-10-17)32-24(30,31)18-13-20(25)22(21(26)14-18)23(27,28)29/h2,9-16H,1,3-8H2. The predicted octanol–water partition coefficient (Wildman–Crippen LogP) is 8.35. The fourth-order valence-electron chi connectivity index (χ4n) is 4.16. The van der Waals surface area contributed by atoms with Gasteiger partial charge in [0.25, 0.3) is 0 Å². The number of halogens is 7. The molecule has 1 aliphatic rings. The molecule has 0 aliphatic heterocycles. The first kappa shape index (κ1) is 24.1. The minimum Gasteiger partial charge on any atom is -0.429 e. The Balaban J connectivity index is 1.68. The van der Waals surface area contributed by atoms with Crippen molar-refractivity contribution in [3.8, 4) is 5.75 Å². The van der Waals surface area contributed by atoms with Gasteiger partial charge in [0.2, 0.25) is 0 Å². The highest BCUT2D eigenvalue weighted by Crippen LogP contribution is 2.40. The summed E-state index contributed by atoms with van der Waals surface area (Å²) in [7, 11) is 0. The van der Waals surface area contributed by atoms with Crippen LogP contribution < -0.4 is 4.74 Å². The van der Waals surface area contributed by atoms with Crippen molar-refractivity contribution in [2.75, 3.05) is 0 Å². The molecule has 0 amide bonds. The smallest absolute Gasteiger partial charge is 0.426 e. The summed E-state index contributed by atoms with van der Waals surface area (Å²) in [5.74, 6) is -3.55. The first-order valence-corrected chi connectivity index (χ1v) is 10.4. The monoisotopic (exact) mass is 460 g/mol. The summed E-state index contributed by atoms with van der Waals surface area (Å²) in [4.78, 5) is 0. The Morgan fingerprint density at radius 1 is 0.906 bits per heavy atom. The van der Waals surface area contributed by atoms with Crippen LogP contribution in [0.1, 0.15) is 61.1 Å². The van der Waals surface area contributed by atoms with Gasteiger partial charge in [-0.1, -0.05) is 18.2 Å². The summed E-state index contributed by atoms with van der Waals surface area (Å²) in [5.41, 5.74) is -2.59. The molecule has 0 aromatic heterocycles. The summed E-state index contributed by atoms with van der Waals surface area (Å²) < 4.78 is 98.6. The first-order chi connectivity index (χ1) is 15.0. The van der Waals surface area contributed by atoms with Gasteiger partial charge in [-0.05, 0) is 80.2 Å². The second kappa shape index (κ2) is 9.55. The Hall–Kier alpha value is -2.51. The fourth-order valence-corrected chi connectivity index (χ4v) is 4.16. The molecule has 0 atom stereocenters. The molecule has 0 unspecified atom stereocenters. The van der Waals surface area contributed by atoms with Gasteiger partial charge in [0.05, 0.1) is 5.56 Å². The molecule has 1 nitrogen and oxygen atoms in total. The van der Waals surface area contributed by atoms with E-state index >= 15 is 0 Å². The second-order valence-electron chi connectivity index (χ2n) is 8.08. The maximum atomic E-state index is 14.4. The van der Waals surface area contributed by atoms with E-state index in [1.54, 1.807) is 12.1 Å². The van der Waals surface area contributed by atoms with Crippen molar-refractivity contribution in [2.45, 2.75) is 56.7 Å². The van der Waals surface area contributed by atoms with Gasteiger partial charge in [-0.15, -0.1) is 6.58 Å². The van der Waals surface area contributed by atoms with Crippen molar-refractivity contribution in [3.05, 3.63) is 77.4 Å². The van der Waals surface area contributed by atoms with Crippen LogP contribution in [-0.2, 0) is 12.3 Å². The molecular formula is C24H23F7O. The lowest BCUT2D eigenvalue weighted by Crippen LogP contribution is -2.23. The van der Waals surface area contributed by atoms with Gasteiger partial charge in [-0.25, -0.2) is 8.78 Å². The Morgan fingerprint density at radius 2 is 1.47 bits per heavy atom. The van der Waals surface area contributed by atoms with Crippen LogP contribution in [0.4, 0.5) is 30.7 Å². The van der Waals surface area contributed by atoms with Gasteiger partial charge in [0.15, 0.2) is 0 Å². The molecule has 0 spiro atoms. The number of ether oxygens (including phenoxy) is 1. The zero-order valence-corrected chi connectivity index (χ0v) is 17.2. The van der Waals surface area contributed by atoms with Crippen LogP contribution in [0.5, 0.6) is 5.75 Å². The number of hydrogen-bond donors (Lipinski definition) is 0. The minimum atomic E-state index is -5.34. The molecule has 2 aromatic rings. The summed E-state index contributed by atoms with van der Waals surface area (Å²) in [5, 5.41) is 0. The van der Waals surface area contributed by atoms with Crippen LogP contribution in [0.3, 0.4) is 0 Å². The van der Waals surface area contributed by atoms with E-state index in [2.05, 4.69) is 11.3 Å². The second-order valence-corrected chi connectivity index (χ2v) is 8.08. The van der Waals surface area contributed by atoms with Crippen molar-refractivity contribution < 1.29 is 35.5 Å². The van der Waals surface area contributed by atoms with Crippen LogP contribution in [0, 0.1) is 17.6 Å². The highest BCUT2D eigenvalue weighted by molar-refractivity contribution is 5.33. The maximum absolute atomic E-state index is 14.4. The van der Waals surface area contributed by atoms with Crippen molar-refractivity contribution >= 4 is 0 Å². The third-order valence-corrected chi connectivity index (χ3v) is 5.88. The van der Waals surface area contributed by atoms with Crippen LogP contribution in [0.15, 0.2) is 49.1 Å². The van der Waals surface area contributed by atoms with Crippen LogP contribution >= 0.6 is 0 Å². The quantitative estimate of drug-likeness (QED) is 0.298. The van der Waals surface area contributed by atoms with Crippen LogP contribution in [-0.4, -0.2) is 0 Å². The van der Waals surface area contributed by atoms with E-state index in [1.165, 1.54) is 12.1 Å². The Morgan fingerprint density at radius 3 is 1.97 bits per heavy atom. The SMILES string of the molecule is C=CCCC1CCC(c2ccc(OC(F)(F)c3cc(F)c(C(F)(F)F)c(F)c3)cc2)CC1. The zero-order valence-electron chi connectivity index (χ0n) is 17.2. The van der Waals surface area contributed by atoms with E-state index in [4.69, 9.17) is 0 Å². The van der Waals surface area contributed by atoms with E-state index in [0.29, 0.717) is 11.8 Å². The fraction of sp³-hybridized carbons (Fsp3) is 0.417. The molecule has 1 saturated carbocycles. The van der Waals surface area contributed by atoms with Gasteiger partial charge in [0.1, 0.15) is 22.9 Å². The average molecular weight is 460 g/mol. The summed E-state index contributed by atoms with van der Waals surface area (Å²) in [6.45, 7) is 3.74. The lowest BCUT2D eigenvalue weighted by atomic mass is 9.77. The van der Waals surface area contributed by atoms with Gasteiger partial charge >= 0.3 is 12.3 Å². The average Bonchev–Trinajstić information content (AvgIpc) is 2.71. The predicted molar refractivity (Wildman–Crippen MR) is 106 cm³/mol. The van der Waals surface area contributed by atoms with Crippen molar-refractivity contribution in [3.63, 3.8) is 0 Å². The largest absolute Gasteiger partial charge is 0.429 e. The summed E-state index contributed by atoms with van der Waals surface area (Å²) in [6, 6.07) is 5.84. The van der Waals surface area contributed by atoms with Crippen LogP contribution in [0.2, 0.25) is 0 Å². The Kier molecular flexibility index (Phi) is 7.20. The molecule has 1 aliphatic carbocycles. The molecule has 0 radical (unpaired) electrons. The number of allylic oxidation sites excluding steroid dienone is 1. The molecule has 8 heteroatoms. The van der Waals surface area contributed by atoms with Crippen LogP contribution in [0.25, 0.3) is 0 Å². The molecular weight excluding hydrogens is 437 g/mol. The van der Waals surface area contributed by atoms with E-state index in [9.17, 15) is 30.7 Å². The highest BCUT2D eigenvalue weighted by atomic mass is 19.4. The summed E-state index contributed by atoms with van der Waals surface area (Å²) in [6.07, 6.45) is -1.41. The van der Waals surface area contributed by atoms with Gasteiger partial charge < -0.3 is 4.74 Å². The van der Waals surface area contributed by atoms with Gasteiger partial charge in [-0.2, -0.15) is 22.0 Å². The Labute approximate surface area is 181 Å². The Bertz CT molecular complexity index is 903. The summed E-state index contributed by atoms with van der Waals surface area (Å²) >= 11 is 0. The maximum Gasteiger partial charge on any atom is 0.426 e. The molecule has 3 rings (SSSR count). The van der Waals surface area contributed by atoms with Crippen molar-refractivity contribution in [2.24, 2.45) is 5.92 Å². The normalized spacial score (nSPS) is 19.6. The van der Waals surface area contributed by atoms with E-state index < -0.39 is 35.0 Å². The zero-order chi connectivity index (χ0) is 23.5. The molecule has 2 aromatic carbocycles. The highest BCUT2D eigenvalue weighted by Gasteiger charge is 2.42. The number of rotatable bonds is 7. The molecule has 0 heterocycles. The lowest BCUT2D eigenvalue weighted by molar-refractivity contribution is -0.186.